The first kappa shape index (κ1) is 19.8. The zero-order valence-corrected chi connectivity index (χ0v) is 16.7. The van der Waals surface area contributed by atoms with Gasteiger partial charge in [0, 0.05) is 16.8 Å². The average molecular weight is 430 g/mol. The minimum absolute atomic E-state index is 0.334. The van der Waals surface area contributed by atoms with E-state index in [1.807, 2.05) is 0 Å². The second-order valence-electron chi connectivity index (χ2n) is 6.45. The van der Waals surface area contributed by atoms with Gasteiger partial charge in [0.25, 0.3) is 0 Å². The largest absolute Gasteiger partial charge is 0.454 e. The fraction of sp³-hybridized carbons (Fsp3) is 0.471. The number of Topliss-reactive ketones (excluding diaryl/α,β-unsaturated/α-hetero) is 1. The quantitative estimate of drug-likeness (QED) is 0.682. The molecule has 8 heteroatoms. The number of thioether (sulfide) groups is 1. The predicted octanol–water partition coefficient (Wildman–Crippen LogP) is 3.49. The molecule has 1 aromatic rings. The summed E-state index contributed by atoms with van der Waals surface area (Å²) in [7, 11) is 0. The molecule has 0 aromatic heterocycles. The molecule has 0 aliphatic carbocycles. The van der Waals surface area contributed by atoms with Crippen LogP contribution < -0.4 is 0 Å². The van der Waals surface area contributed by atoms with Crippen LogP contribution in [-0.4, -0.2) is 52.6 Å². The summed E-state index contributed by atoms with van der Waals surface area (Å²) >= 11 is 4.62. The maximum atomic E-state index is 12.4. The molecule has 1 aliphatic heterocycles. The maximum Gasteiger partial charge on any atom is 0.411 e. The van der Waals surface area contributed by atoms with Crippen LogP contribution in [0.3, 0.4) is 0 Å². The lowest BCUT2D eigenvalue weighted by atomic mass is 10.2. The first-order chi connectivity index (χ1) is 11.7. The molecule has 0 unspecified atom stereocenters. The van der Waals surface area contributed by atoms with Gasteiger partial charge in [0.05, 0.1) is 5.56 Å². The van der Waals surface area contributed by atoms with E-state index in [9.17, 15) is 14.4 Å². The van der Waals surface area contributed by atoms with Gasteiger partial charge in [0.2, 0.25) is 5.78 Å². The Morgan fingerprint density at radius 3 is 2.48 bits per heavy atom. The van der Waals surface area contributed by atoms with Gasteiger partial charge >= 0.3 is 12.1 Å². The van der Waals surface area contributed by atoms with Gasteiger partial charge in [-0.25, -0.2) is 9.59 Å². The van der Waals surface area contributed by atoms with Crippen molar-refractivity contribution >= 4 is 45.5 Å². The lowest BCUT2D eigenvalue weighted by Crippen LogP contribution is -2.43. The summed E-state index contributed by atoms with van der Waals surface area (Å²) in [4.78, 5) is 37.9. The third-order valence-corrected chi connectivity index (χ3v) is 5.00. The van der Waals surface area contributed by atoms with E-state index in [0.29, 0.717) is 17.9 Å². The Morgan fingerprint density at radius 1 is 1.24 bits per heavy atom. The molecule has 1 amide bonds. The van der Waals surface area contributed by atoms with Crippen LogP contribution in [0.5, 0.6) is 0 Å². The molecule has 136 valence electrons. The van der Waals surface area contributed by atoms with Crippen molar-refractivity contribution in [3.63, 3.8) is 0 Å². The molecule has 6 nitrogen and oxygen atoms in total. The molecule has 0 N–H and O–H groups in total. The van der Waals surface area contributed by atoms with Gasteiger partial charge in [-0.1, -0.05) is 15.9 Å². The van der Waals surface area contributed by atoms with Crippen molar-refractivity contribution in [1.29, 1.82) is 0 Å². The highest BCUT2D eigenvalue weighted by Crippen LogP contribution is 2.26. The number of halogens is 1. The lowest BCUT2D eigenvalue weighted by Gasteiger charge is -2.27. The fourth-order valence-corrected chi connectivity index (χ4v) is 3.54. The van der Waals surface area contributed by atoms with Gasteiger partial charge in [-0.2, -0.15) is 0 Å². The summed E-state index contributed by atoms with van der Waals surface area (Å²) in [6.45, 7) is 5.35. The van der Waals surface area contributed by atoms with Crippen LogP contribution in [0.25, 0.3) is 0 Å². The van der Waals surface area contributed by atoms with E-state index in [1.54, 1.807) is 45.0 Å². The molecule has 0 radical (unpaired) electrons. The van der Waals surface area contributed by atoms with E-state index in [0.717, 1.165) is 4.47 Å². The normalized spacial score (nSPS) is 17.3. The Bertz CT molecular complexity index is 656. The minimum Gasteiger partial charge on any atom is -0.454 e. The summed E-state index contributed by atoms with van der Waals surface area (Å²) in [5.41, 5.74) is -0.273. The molecular formula is C17H20BrNO5S. The third-order valence-electron chi connectivity index (χ3n) is 3.22. The highest BCUT2D eigenvalue weighted by molar-refractivity contribution is 9.10. The zero-order chi connectivity index (χ0) is 18.6. The van der Waals surface area contributed by atoms with Crippen LogP contribution in [0.2, 0.25) is 0 Å². The zero-order valence-electron chi connectivity index (χ0n) is 14.3. The standard InChI is InChI=1S/C17H20BrNO5S/c1-17(2,3)24-16(22)19-8-9-25-14(19)13(20)10-23-15(21)11-4-6-12(18)7-5-11/h4-7,14H,8-10H2,1-3H3/t14-/m0/s1. The number of benzene rings is 1. The Kier molecular flexibility index (Phi) is 6.51. The summed E-state index contributed by atoms with van der Waals surface area (Å²) in [5, 5.41) is -0.687. The van der Waals surface area contributed by atoms with Crippen LogP contribution >= 0.6 is 27.7 Å². The van der Waals surface area contributed by atoms with Crippen LogP contribution in [0.15, 0.2) is 28.7 Å². The Balaban J connectivity index is 1.92. The van der Waals surface area contributed by atoms with Crippen molar-refractivity contribution in [3.05, 3.63) is 34.3 Å². The number of hydrogen-bond acceptors (Lipinski definition) is 6. The molecule has 1 fully saturated rings. The van der Waals surface area contributed by atoms with Gasteiger partial charge in [-0.05, 0) is 45.0 Å². The molecular weight excluding hydrogens is 410 g/mol. The van der Waals surface area contributed by atoms with Gasteiger partial charge in [-0.3, -0.25) is 9.69 Å². The van der Waals surface area contributed by atoms with E-state index in [-0.39, 0.29) is 12.4 Å². The Labute approximate surface area is 159 Å². The average Bonchev–Trinajstić information content (AvgIpc) is 3.01. The second kappa shape index (κ2) is 8.23. The van der Waals surface area contributed by atoms with Gasteiger partial charge in [0.15, 0.2) is 6.61 Å². The monoisotopic (exact) mass is 429 g/mol. The van der Waals surface area contributed by atoms with Crippen LogP contribution in [0.4, 0.5) is 4.79 Å². The first-order valence-corrected chi connectivity index (χ1v) is 9.58. The summed E-state index contributed by atoms with van der Waals surface area (Å²) in [6, 6.07) is 6.65. The minimum atomic E-state index is -0.687. The second-order valence-corrected chi connectivity index (χ2v) is 8.55. The summed E-state index contributed by atoms with van der Waals surface area (Å²) in [5.74, 6) is -0.275. The topological polar surface area (TPSA) is 72.9 Å². The molecule has 1 aliphatic rings. The molecule has 1 saturated heterocycles. The Hall–Kier alpha value is -1.54. The molecule has 1 heterocycles. The maximum absolute atomic E-state index is 12.4. The van der Waals surface area contributed by atoms with Crippen molar-refractivity contribution < 1.29 is 23.9 Å². The van der Waals surface area contributed by atoms with Gasteiger partial charge in [-0.15, -0.1) is 11.8 Å². The first-order valence-electron chi connectivity index (χ1n) is 7.74. The molecule has 25 heavy (non-hydrogen) atoms. The van der Waals surface area contributed by atoms with Crippen molar-refractivity contribution in [2.45, 2.75) is 31.7 Å². The highest BCUT2D eigenvalue weighted by Gasteiger charge is 2.37. The number of nitrogens with zero attached hydrogens (tertiary/aromatic N) is 1. The SMILES string of the molecule is CC(C)(C)OC(=O)N1CCS[C@H]1C(=O)COC(=O)c1ccc(Br)cc1. The number of hydrogen-bond donors (Lipinski definition) is 0. The van der Waals surface area contributed by atoms with Crippen LogP contribution in [0, 0.1) is 0 Å². The van der Waals surface area contributed by atoms with Crippen molar-refractivity contribution in [1.82, 2.24) is 4.90 Å². The molecule has 1 aromatic carbocycles. The predicted molar refractivity (Wildman–Crippen MR) is 98.6 cm³/mol. The van der Waals surface area contributed by atoms with E-state index in [2.05, 4.69) is 15.9 Å². The van der Waals surface area contributed by atoms with Gasteiger partial charge in [0.1, 0.15) is 11.0 Å². The van der Waals surface area contributed by atoms with Gasteiger partial charge < -0.3 is 9.47 Å². The molecule has 1 atom stereocenters. The fourth-order valence-electron chi connectivity index (χ4n) is 2.12. The van der Waals surface area contributed by atoms with Crippen LogP contribution in [-0.2, 0) is 14.3 Å². The van der Waals surface area contributed by atoms with E-state index < -0.39 is 23.0 Å². The Morgan fingerprint density at radius 2 is 1.88 bits per heavy atom. The number of rotatable bonds is 4. The number of carbonyl (C=O) groups excluding carboxylic acids is 3. The van der Waals surface area contributed by atoms with E-state index in [4.69, 9.17) is 9.47 Å². The molecule has 0 spiro atoms. The number of esters is 1. The smallest absolute Gasteiger partial charge is 0.411 e. The summed E-state index contributed by atoms with van der Waals surface area (Å²) < 4.78 is 11.2. The van der Waals surface area contributed by atoms with Crippen molar-refractivity contribution in [2.24, 2.45) is 0 Å². The lowest BCUT2D eigenvalue weighted by molar-refractivity contribution is -0.124. The van der Waals surface area contributed by atoms with Crippen molar-refractivity contribution in [3.8, 4) is 0 Å². The third kappa shape index (κ3) is 5.74. The molecule has 2 rings (SSSR count). The van der Waals surface area contributed by atoms with Crippen LogP contribution in [0.1, 0.15) is 31.1 Å². The summed E-state index contributed by atoms with van der Waals surface area (Å²) in [6.07, 6.45) is -0.532. The van der Waals surface area contributed by atoms with Crippen molar-refractivity contribution in [2.75, 3.05) is 18.9 Å². The van der Waals surface area contributed by atoms with E-state index in [1.165, 1.54) is 16.7 Å². The number of ether oxygens (including phenoxy) is 2. The number of ketones is 1. The van der Waals surface area contributed by atoms with E-state index >= 15 is 0 Å². The number of carbonyl (C=O) groups is 3. The highest BCUT2D eigenvalue weighted by atomic mass is 79.9. The molecule has 0 saturated carbocycles. The number of amides is 1. The molecule has 0 bridgehead atoms.